The minimum absolute atomic E-state index is 0.560. The van der Waals surface area contributed by atoms with E-state index < -0.39 is 11.9 Å². The Hall–Kier alpha value is -1.14. The van der Waals surface area contributed by atoms with Crippen molar-refractivity contribution in [2.24, 2.45) is 0 Å². The molecule has 0 spiro atoms. The van der Waals surface area contributed by atoms with E-state index in [0.29, 0.717) is 19.8 Å². The molecule has 1 aromatic rings. The monoisotopic (exact) mass is 368 g/mol. The Balaban J connectivity index is 2.86. The van der Waals surface area contributed by atoms with Crippen molar-refractivity contribution >= 4 is 0 Å². The van der Waals surface area contributed by atoms with Crippen LogP contribution in [0.4, 0.5) is 0 Å². The standard InChI is InChI=1S/C21H36O5/c1-5-8-15-23-19-13-11-18(12-14-19)21(4,26-22)20(24-16-9-6-2)25-17-10-7-3/h11-14,20,22H,5-10,15-17H2,1-4H3. The second kappa shape index (κ2) is 13.1. The van der Waals surface area contributed by atoms with Crippen LogP contribution in [0.15, 0.2) is 24.3 Å². The SMILES string of the molecule is CCCCOc1ccc(C(C)(OO)C(OCCCC)OCCCC)cc1. The van der Waals surface area contributed by atoms with E-state index in [9.17, 15) is 5.26 Å². The molecule has 0 aliphatic carbocycles. The molecular weight excluding hydrogens is 332 g/mol. The van der Waals surface area contributed by atoms with Gasteiger partial charge in [0.1, 0.15) is 5.75 Å². The largest absolute Gasteiger partial charge is 0.494 e. The first-order valence-corrected chi connectivity index (χ1v) is 9.91. The molecule has 1 N–H and O–H groups in total. The minimum Gasteiger partial charge on any atom is -0.494 e. The maximum Gasteiger partial charge on any atom is 0.193 e. The van der Waals surface area contributed by atoms with Gasteiger partial charge in [-0.2, -0.15) is 0 Å². The molecule has 0 amide bonds. The van der Waals surface area contributed by atoms with Crippen LogP contribution in [0.25, 0.3) is 0 Å². The Kier molecular flexibility index (Phi) is 11.5. The molecule has 0 radical (unpaired) electrons. The van der Waals surface area contributed by atoms with Gasteiger partial charge < -0.3 is 14.2 Å². The molecule has 1 rings (SSSR count). The van der Waals surface area contributed by atoms with Crippen molar-refractivity contribution in [1.29, 1.82) is 0 Å². The second-order valence-corrected chi connectivity index (χ2v) is 6.71. The van der Waals surface area contributed by atoms with Crippen molar-refractivity contribution in [3.8, 4) is 5.75 Å². The Bertz CT molecular complexity index is 452. The highest BCUT2D eigenvalue weighted by Crippen LogP contribution is 2.32. The quantitative estimate of drug-likeness (QED) is 0.191. The highest BCUT2D eigenvalue weighted by molar-refractivity contribution is 5.31. The lowest BCUT2D eigenvalue weighted by atomic mass is 9.95. The van der Waals surface area contributed by atoms with Gasteiger partial charge in [0.25, 0.3) is 0 Å². The average molecular weight is 369 g/mol. The summed E-state index contributed by atoms with van der Waals surface area (Å²) in [5.41, 5.74) is -0.329. The zero-order valence-electron chi connectivity index (χ0n) is 16.8. The molecule has 0 bridgehead atoms. The van der Waals surface area contributed by atoms with Crippen molar-refractivity contribution in [3.05, 3.63) is 29.8 Å². The molecule has 150 valence electrons. The average Bonchev–Trinajstić information content (AvgIpc) is 2.67. The molecule has 1 aromatic carbocycles. The van der Waals surface area contributed by atoms with Crippen LogP contribution in [0.3, 0.4) is 0 Å². The van der Waals surface area contributed by atoms with Gasteiger partial charge >= 0.3 is 0 Å². The highest BCUT2D eigenvalue weighted by atomic mass is 17.1. The summed E-state index contributed by atoms with van der Waals surface area (Å²) in [6.07, 6.45) is 5.36. The zero-order valence-corrected chi connectivity index (χ0v) is 16.8. The first-order chi connectivity index (χ1) is 12.6. The minimum atomic E-state index is -1.11. The highest BCUT2D eigenvalue weighted by Gasteiger charge is 2.40. The smallest absolute Gasteiger partial charge is 0.193 e. The number of ether oxygens (including phenoxy) is 3. The summed E-state index contributed by atoms with van der Waals surface area (Å²) < 4.78 is 17.5. The lowest BCUT2D eigenvalue weighted by Crippen LogP contribution is -2.43. The zero-order chi connectivity index (χ0) is 19.3. The topological polar surface area (TPSA) is 57.2 Å². The molecule has 26 heavy (non-hydrogen) atoms. The predicted molar refractivity (Wildman–Crippen MR) is 103 cm³/mol. The molecule has 1 unspecified atom stereocenters. The van der Waals surface area contributed by atoms with E-state index >= 15 is 0 Å². The third kappa shape index (κ3) is 7.23. The molecule has 0 saturated carbocycles. The lowest BCUT2D eigenvalue weighted by Gasteiger charge is -2.34. The first-order valence-electron chi connectivity index (χ1n) is 9.91. The van der Waals surface area contributed by atoms with Crippen molar-refractivity contribution in [2.75, 3.05) is 19.8 Å². The molecule has 5 heteroatoms. The number of rotatable bonds is 15. The van der Waals surface area contributed by atoms with Crippen LogP contribution < -0.4 is 4.74 Å². The molecular formula is C21H36O5. The van der Waals surface area contributed by atoms with Crippen molar-refractivity contribution < 1.29 is 24.4 Å². The fourth-order valence-electron chi connectivity index (χ4n) is 2.48. The van der Waals surface area contributed by atoms with E-state index in [-0.39, 0.29) is 0 Å². The van der Waals surface area contributed by atoms with Crippen molar-refractivity contribution in [2.45, 2.75) is 78.1 Å². The number of benzene rings is 1. The maximum absolute atomic E-state index is 9.67. The molecule has 0 aliphatic heterocycles. The van der Waals surface area contributed by atoms with Crippen molar-refractivity contribution in [1.82, 2.24) is 0 Å². The molecule has 0 saturated heterocycles. The number of hydrogen-bond donors (Lipinski definition) is 1. The lowest BCUT2D eigenvalue weighted by molar-refractivity contribution is -0.383. The van der Waals surface area contributed by atoms with Crippen LogP contribution in [0.2, 0.25) is 0 Å². The van der Waals surface area contributed by atoms with Gasteiger partial charge in [-0.25, -0.2) is 4.89 Å². The van der Waals surface area contributed by atoms with Crippen LogP contribution in [-0.4, -0.2) is 31.4 Å². The Morgan fingerprint density at radius 1 is 0.846 bits per heavy atom. The van der Waals surface area contributed by atoms with Crippen LogP contribution in [0, 0.1) is 0 Å². The van der Waals surface area contributed by atoms with E-state index in [0.717, 1.165) is 49.8 Å². The van der Waals surface area contributed by atoms with Gasteiger partial charge in [-0.3, -0.25) is 5.26 Å². The van der Waals surface area contributed by atoms with Crippen LogP contribution in [0.1, 0.15) is 71.8 Å². The Morgan fingerprint density at radius 3 is 1.81 bits per heavy atom. The summed E-state index contributed by atoms with van der Waals surface area (Å²) in [4.78, 5) is 4.89. The fourth-order valence-corrected chi connectivity index (χ4v) is 2.48. The van der Waals surface area contributed by atoms with Gasteiger partial charge in [0.15, 0.2) is 11.9 Å². The van der Waals surface area contributed by atoms with Gasteiger partial charge in [0, 0.05) is 13.2 Å². The summed E-state index contributed by atoms with van der Waals surface area (Å²) >= 11 is 0. The third-order valence-corrected chi connectivity index (χ3v) is 4.37. The van der Waals surface area contributed by atoms with E-state index in [1.165, 1.54) is 0 Å². The van der Waals surface area contributed by atoms with Gasteiger partial charge in [-0.05, 0) is 43.9 Å². The molecule has 5 nitrogen and oxygen atoms in total. The molecule has 0 heterocycles. The summed E-state index contributed by atoms with van der Waals surface area (Å²) in [5, 5.41) is 9.67. The summed E-state index contributed by atoms with van der Waals surface area (Å²) in [6, 6.07) is 7.54. The molecule has 0 aliphatic rings. The van der Waals surface area contributed by atoms with Crippen LogP contribution >= 0.6 is 0 Å². The number of hydrogen-bond acceptors (Lipinski definition) is 5. The summed E-state index contributed by atoms with van der Waals surface area (Å²) in [6.45, 7) is 9.95. The molecule has 1 atom stereocenters. The Morgan fingerprint density at radius 2 is 1.35 bits per heavy atom. The van der Waals surface area contributed by atoms with E-state index in [2.05, 4.69) is 20.8 Å². The normalized spacial score (nSPS) is 13.8. The van der Waals surface area contributed by atoms with E-state index in [1.807, 2.05) is 24.3 Å². The third-order valence-electron chi connectivity index (χ3n) is 4.37. The first kappa shape index (κ1) is 22.9. The predicted octanol–water partition coefficient (Wildman–Crippen LogP) is 5.53. The van der Waals surface area contributed by atoms with E-state index in [1.54, 1.807) is 6.92 Å². The Labute approximate surface area is 158 Å². The number of unbranched alkanes of at least 4 members (excludes halogenated alkanes) is 3. The maximum atomic E-state index is 9.67. The summed E-state index contributed by atoms with van der Waals surface area (Å²) in [5.74, 6) is 0.804. The summed E-state index contributed by atoms with van der Waals surface area (Å²) in [7, 11) is 0. The van der Waals surface area contributed by atoms with Gasteiger partial charge in [-0.15, -0.1) is 0 Å². The van der Waals surface area contributed by atoms with Crippen molar-refractivity contribution in [3.63, 3.8) is 0 Å². The van der Waals surface area contributed by atoms with Crippen LogP contribution in [-0.2, 0) is 20.0 Å². The second-order valence-electron chi connectivity index (χ2n) is 6.71. The van der Waals surface area contributed by atoms with E-state index in [4.69, 9.17) is 19.1 Å². The molecule has 0 aromatic heterocycles. The van der Waals surface area contributed by atoms with Gasteiger partial charge in [0.05, 0.1) is 6.61 Å². The molecule has 0 fully saturated rings. The van der Waals surface area contributed by atoms with Gasteiger partial charge in [-0.1, -0.05) is 52.2 Å². The van der Waals surface area contributed by atoms with Crippen LogP contribution in [0.5, 0.6) is 5.75 Å². The van der Waals surface area contributed by atoms with Gasteiger partial charge in [0.2, 0.25) is 0 Å². The fraction of sp³-hybridized carbons (Fsp3) is 0.714.